The largest absolute Gasteiger partial charge is 0.119 e. The molecule has 0 spiro atoms. The Morgan fingerprint density at radius 3 is 1.85 bits per heavy atom. The van der Waals surface area contributed by atoms with E-state index in [1.165, 1.54) is 12.8 Å². The van der Waals surface area contributed by atoms with E-state index in [4.69, 9.17) is 11.6 Å². The van der Waals surface area contributed by atoms with Gasteiger partial charge in [0.2, 0.25) is 0 Å². The molecule has 0 radical (unpaired) electrons. The first-order valence-electron chi connectivity index (χ1n) is 5.38. The topological polar surface area (TPSA) is 0 Å². The van der Waals surface area contributed by atoms with Crippen LogP contribution in [0.3, 0.4) is 0 Å². The Balaban J connectivity index is 4.03. The highest BCUT2D eigenvalue weighted by Gasteiger charge is 2.28. The van der Waals surface area contributed by atoms with E-state index >= 15 is 0 Å². The second kappa shape index (κ2) is 4.68. The molecule has 2 unspecified atom stereocenters. The van der Waals surface area contributed by atoms with Gasteiger partial charge >= 0.3 is 0 Å². The third-order valence-electron chi connectivity index (χ3n) is 3.00. The van der Waals surface area contributed by atoms with Crippen LogP contribution in [-0.4, -0.2) is 4.87 Å². The average molecular weight is 205 g/mol. The van der Waals surface area contributed by atoms with E-state index in [0.29, 0.717) is 11.3 Å². The molecule has 0 amide bonds. The molecule has 0 fully saturated rings. The summed E-state index contributed by atoms with van der Waals surface area (Å²) in [5, 5.41) is 0. The Bertz CT molecular complexity index is 142. The lowest BCUT2D eigenvalue weighted by Gasteiger charge is -2.31. The summed E-state index contributed by atoms with van der Waals surface area (Å²) in [4.78, 5) is -0.0119. The molecule has 0 aromatic heterocycles. The molecule has 0 aliphatic rings. The van der Waals surface area contributed by atoms with Crippen molar-refractivity contribution in [3.05, 3.63) is 0 Å². The molecule has 0 aliphatic carbocycles. The summed E-state index contributed by atoms with van der Waals surface area (Å²) in [6, 6.07) is 0. The smallest absolute Gasteiger partial charge is 0.0444 e. The van der Waals surface area contributed by atoms with Gasteiger partial charge in [0.15, 0.2) is 0 Å². The van der Waals surface area contributed by atoms with Gasteiger partial charge in [0, 0.05) is 4.87 Å². The molecule has 80 valence electrons. The SMILES string of the molecule is CCC(C)C(C)(Cl)CCC(C)(C)C. The number of alkyl halides is 1. The van der Waals surface area contributed by atoms with Gasteiger partial charge in [-0.2, -0.15) is 0 Å². The van der Waals surface area contributed by atoms with Gasteiger partial charge in [-0.1, -0.05) is 41.0 Å². The highest BCUT2D eigenvalue weighted by atomic mass is 35.5. The number of hydrogen-bond donors (Lipinski definition) is 0. The molecule has 0 aromatic rings. The highest BCUT2D eigenvalue weighted by Crippen LogP contribution is 2.35. The van der Waals surface area contributed by atoms with Crippen molar-refractivity contribution < 1.29 is 0 Å². The van der Waals surface area contributed by atoms with Gasteiger partial charge in [-0.3, -0.25) is 0 Å². The second-order valence-electron chi connectivity index (χ2n) is 5.65. The molecule has 0 rings (SSSR count). The summed E-state index contributed by atoms with van der Waals surface area (Å²) in [6.07, 6.45) is 3.49. The van der Waals surface area contributed by atoms with Gasteiger partial charge in [-0.05, 0) is 31.1 Å². The van der Waals surface area contributed by atoms with Crippen LogP contribution in [0.2, 0.25) is 0 Å². The first-order valence-corrected chi connectivity index (χ1v) is 5.76. The van der Waals surface area contributed by atoms with Gasteiger partial charge in [0.25, 0.3) is 0 Å². The Morgan fingerprint density at radius 1 is 1.08 bits per heavy atom. The van der Waals surface area contributed by atoms with Crippen molar-refractivity contribution in [1.29, 1.82) is 0 Å². The molecule has 2 atom stereocenters. The van der Waals surface area contributed by atoms with E-state index < -0.39 is 0 Å². The molecule has 0 nitrogen and oxygen atoms in total. The summed E-state index contributed by atoms with van der Waals surface area (Å²) in [6.45, 7) is 13.5. The van der Waals surface area contributed by atoms with Crippen molar-refractivity contribution in [2.45, 2.75) is 65.7 Å². The van der Waals surface area contributed by atoms with E-state index in [0.717, 1.165) is 6.42 Å². The summed E-state index contributed by atoms with van der Waals surface area (Å²) in [5.41, 5.74) is 0.406. The Labute approximate surface area is 89.1 Å². The first-order chi connectivity index (χ1) is 5.69. The van der Waals surface area contributed by atoms with Gasteiger partial charge in [-0.25, -0.2) is 0 Å². The fraction of sp³-hybridized carbons (Fsp3) is 1.00. The molecule has 0 heterocycles. The maximum atomic E-state index is 6.49. The van der Waals surface area contributed by atoms with Gasteiger partial charge in [-0.15, -0.1) is 11.6 Å². The van der Waals surface area contributed by atoms with Crippen LogP contribution in [0, 0.1) is 11.3 Å². The van der Waals surface area contributed by atoms with Crippen molar-refractivity contribution in [3.63, 3.8) is 0 Å². The van der Waals surface area contributed by atoms with Crippen molar-refractivity contribution in [3.8, 4) is 0 Å². The Kier molecular flexibility index (Phi) is 4.79. The quantitative estimate of drug-likeness (QED) is 0.574. The third kappa shape index (κ3) is 5.57. The zero-order valence-electron chi connectivity index (χ0n) is 10.1. The zero-order chi connectivity index (χ0) is 10.7. The van der Waals surface area contributed by atoms with Crippen LogP contribution in [0.25, 0.3) is 0 Å². The minimum absolute atomic E-state index is 0.0119. The van der Waals surface area contributed by atoms with Gasteiger partial charge < -0.3 is 0 Å². The Hall–Kier alpha value is 0.290. The molecular weight excluding hydrogens is 180 g/mol. The predicted molar refractivity (Wildman–Crippen MR) is 62.4 cm³/mol. The summed E-state index contributed by atoms with van der Waals surface area (Å²) >= 11 is 6.49. The van der Waals surface area contributed by atoms with E-state index in [1.54, 1.807) is 0 Å². The van der Waals surface area contributed by atoms with Crippen LogP contribution in [-0.2, 0) is 0 Å². The van der Waals surface area contributed by atoms with Crippen LogP contribution >= 0.6 is 11.6 Å². The number of halogens is 1. The standard InChI is InChI=1S/C12H25Cl/c1-7-10(2)12(6,13)9-8-11(3,4)5/h10H,7-9H2,1-6H3. The Morgan fingerprint density at radius 2 is 1.54 bits per heavy atom. The number of hydrogen-bond acceptors (Lipinski definition) is 0. The first kappa shape index (κ1) is 13.3. The van der Waals surface area contributed by atoms with Crippen molar-refractivity contribution in [2.24, 2.45) is 11.3 Å². The van der Waals surface area contributed by atoms with Crippen molar-refractivity contribution in [1.82, 2.24) is 0 Å². The lowest BCUT2D eigenvalue weighted by molar-refractivity contribution is 0.299. The zero-order valence-corrected chi connectivity index (χ0v) is 10.8. The fourth-order valence-electron chi connectivity index (χ4n) is 1.29. The minimum Gasteiger partial charge on any atom is -0.119 e. The highest BCUT2D eigenvalue weighted by molar-refractivity contribution is 6.23. The van der Waals surface area contributed by atoms with E-state index in [9.17, 15) is 0 Å². The molecular formula is C12H25Cl. The van der Waals surface area contributed by atoms with Crippen LogP contribution in [0.4, 0.5) is 0 Å². The second-order valence-corrected chi connectivity index (χ2v) is 6.51. The minimum atomic E-state index is -0.0119. The molecule has 0 aliphatic heterocycles. The van der Waals surface area contributed by atoms with Crippen LogP contribution in [0.1, 0.15) is 60.8 Å². The fourth-order valence-corrected chi connectivity index (χ4v) is 1.54. The van der Waals surface area contributed by atoms with E-state index in [-0.39, 0.29) is 4.87 Å². The van der Waals surface area contributed by atoms with Crippen molar-refractivity contribution >= 4 is 11.6 Å². The molecule has 0 aromatic carbocycles. The van der Waals surface area contributed by atoms with Crippen LogP contribution < -0.4 is 0 Å². The average Bonchev–Trinajstić information content (AvgIpc) is 1.98. The maximum absolute atomic E-state index is 6.49. The van der Waals surface area contributed by atoms with Crippen LogP contribution in [0.15, 0.2) is 0 Å². The van der Waals surface area contributed by atoms with Gasteiger partial charge in [0.05, 0.1) is 0 Å². The normalized spacial score (nSPS) is 19.6. The lowest BCUT2D eigenvalue weighted by Crippen LogP contribution is -2.27. The molecule has 0 N–H and O–H groups in total. The summed E-state index contributed by atoms with van der Waals surface area (Å²) in [7, 11) is 0. The maximum Gasteiger partial charge on any atom is 0.0444 e. The van der Waals surface area contributed by atoms with Gasteiger partial charge in [0.1, 0.15) is 0 Å². The molecule has 1 heteroatoms. The molecule has 0 saturated heterocycles. The summed E-state index contributed by atoms with van der Waals surface area (Å²) < 4.78 is 0. The predicted octanol–water partition coefficient (Wildman–Crippen LogP) is 4.86. The van der Waals surface area contributed by atoms with E-state index in [1.807, 2.05) is 0 Å². The van der Waals surface area contributed by atoms with E-state index in [2.05, 4.69) is 41.5 Å². The number of rotatable bonds is 4. The molecule has 0 bridgehead atoms. The molecule has 13 heavy (non-hydrogen) atoms. The van der Waals surface area contributed by atoms with Crippen molar-refractivity contribution in [2.75, 3.05) is 0 Å². The lowest BCUT2D eigenvalue weighted by atomic mass is 9.82. The monoisotopic (exact) mass is 204 g/mol. The third-order valence-corrected chi connectivity index (χ3v) is 3.57. The summed E-state index contributed by atoms with van der Waals surface area (Å²) in [5.74, 6) is 0.608. The molecule has 0 saturated carbocycles. The van der Waals surface area contributed by atoms with Crippen LogP contribution in [0.5, 0.6) is 0 Å².